The highest BCUT2D eigenvalue weighted by molar-refractivity contribution is 7.82. The highest BCUT2D eigenvalue weighted by Gasteiger charge is 2.33. The second-order valence-electron chi connectivity index (χ2n) is 5.50. The van der Waals surface area contributed by atoms with E-state index in [0.29, 0.717) is 11.8 Å². The number of amides is 3. The Morgan fingerprint density at radius 1 is 1.11 bits per heavy atom. The molecule has 0 atom stereocenters. The Hall–Kier alpha value is -2.75. The Morgan fingerprint density at radius 3 is 2.30 bits per heavy atom. The third kappa shape index (κ3) is 5.36. The summed E-state index contributed by atoms with van der Waals surface area (Å²) in [7, 11) is 0. The quantitative estimate of drug-likeness (QED) is 0.530. The second kappa shape index (κ2) is 8.30. The molecule has 0 spiro atoms. The molecule has 0 heterocycles. The van der Waals surface area contributed by atoms with E-state index in [1.807, 2.05) is 0 Å². The van der Waals surface area contributed by atoms with E-state index < -0.39 is 29.5 Å². The first kappa shape index (κ1) is 20.6. The monoisotopic (exact) mass is 401 g/mol. The van der Waals surface area contributed by atoms with Crippen LogP contribution < -0.4 is 15.4 Å². The third-order valence-corrected chi connectivity index (χ3v) is 4.05. The minimum atomic E-state index is -4.70. The highest BCUT2D eigenvalue weighted by atomic mass is 32.1. The summed E-state index contributed by atoms with van der Waals surface area (Å²) >= 11 is 4.02. The van der Waals surface area contributed by atoms with Gasteiger partial charge in [0.2, 0.25) is 5.91 Å². The van der Waals surface area contributed by atoms with Crippen molar-refractivity contribution < 1.29 is 27.2 Å². The van der Waals surface area contributed by atoms with E-state index in [1.54, 1.807) is 0 Å². The minimum Gasteiger partial charge on any atom is -0.366 e. The zero-order chi connectivity index (χ0) is 20.2. The number of rotatable bonds is 5. The zero-order valence-electron chi connectivity index (χ0n) is 13.8. The predicted molar refractivity (Wildman–Crippen MR) is 94.9 cm³/mol. The van der Waals surface area contributed by atoms with Crippen LogP contribution in [0, 0.1) is 5.82 Å². The summed E-state index contributed by atoms with van der Waals surface area (Å²) in [5, 5.41) is 2.42. The summed E-state index contributed by atoms with van der Waals surface area (Å²) in [6, 6.07) is 7.39. The van der Waals surface area contributed by atoms with Crippen LogP contribution in [-0.2, 0) is 12.6 Å². The van der Waals surface area contributed by atoms with Gasteiger partial charge in [0, 0.05) is 12.1 Å². The molecule has 3 amide bonds. The van der Waals surface area contributed by atoms with Crippen LogP contribution in [0.3, 0.4) is 0 Å². The number of benzene rings is 2. The summed E-state index contributed by atoms with van der Waals surface area (Å²) < 4.78 is 52.9. The lowest BCUT2D eigenvalue weighted by Crippen LogP contribution is -2.35. The number of alkyl halides is 3. The molecule has 0 fully saturated rings. The lowest BCUT2D eigenvalue weighted by atomic mass is 10.0. The number of thiol groups is 1. The molecule has 5 nitrogen and oxygen atoms in total. The van der Waals surface area contributed by atoms with Crippen molar-refractivity contribution in [3.8, 4) is 0 Å². The maximum Gasteiger partial charge on any atom is 0.416 e. The number of hydrogen-bond acceptors (Lipinski definition) is 3. The number of hydrogen-bond donors (Lipinski definition) is 3. The minimum absolute atomic E-state index is 0.121. The molecule has 0 radical (unpaired) electrons. The fraction of sp³-hybridized carbons (Fsp3) is 0.176. The molecule has 144 valence electrons. The Morgan fingerprint density at radius 2 is 1.74 bits per heavy atom. The van der Waals surface area contributed by atoms with Crippen molar-refractivity contribution in [2.45, 2.75) is 12.6 Å². The maximum atomic E-state index is 13.1. The van der Waals surface area contributed by atoms with Crippen molar-refractivity contribution in [1.29, 1.82) is 0 Å². The van der Waals surface area contributed by atoms with E-state index >= 15 is 0 Å². The summed E-state index contributed by atoms with van der Waals surface area (Å²) in [4.78, 5) is 23.1. The third-order valence-electron chi connectivity index (χ3n) is 3.64. The molecular formula is C17H15F4N3O2S. The Kier molecular flexibility index (Phi) is 6.32. The Bertz CT molecular complexity index is 841. The van der Waals surface area contributed by atoms with E-state index in [1.165, 1.54) is 24.3 Å². The van der Waals surface area contributed by atoms with E-state index in [0.717, 1.165) is 16.4 Å². The normalized spacial score (nSPS) is 11.1. The molecule has 2 aromatic rings. The van der Waals surface area contributed by atoms with Gasteiger partial charge in [-0.1, -0.05) is 18.9 Å². The first-order valence-electron chi connectivity index (χ1n) is 7.62. The largest absolute Gasteiger partial charge is 0.416 e. The second-order valence-corrected chi connectivity index (χ2v) is 5.90. The van der Waals surface area contributed by atoms with E-state index in [2.05, 4.69) is 18.1 Å². The number of nitrogens with zero attached hydrogens (tertiary/aromatic N) is 1. The van der Waals surface area contributed by atoms with Gasteiger partial charge in [0.1, 0.15) is 5.82 Å². The van der Waals surface area contributed by atoms with Gasteiger partial charge >= 0.3 is 12.2 Å². The van der Waals surface area contributed by atoms with Crippen LogP contribution >= 0.6 is 12.8 Å². The molecule has 2 aromatic carbocycles. The van der Waals surface area contributed by atoms with E-state index in [9.17, 15) is 27.2 Å². The molecule has 0 saturated carbocycles. The van der Waals surface area contributed by atoms with Crippen LogP contribution in [0.25, 0.3) is 0 Å². The number of urea groups is 1. The number of primary amides is 1. The van der Waals surface area contributed by atoms with Crippen LogP contribution in [0.1, 0.15) is 21.5 Å². The molecule has 0 aromatic heterocycles. The fourth-order valence-corrected chi connectivity index (χ4v) is 2.50. The van der Waals surface area contributed by atoms with Gasteiger partial charge in [-0.25, -0.2) is 13.5 Å². The SMILES string of the molecule is NC(=O)c1ccc(N(S)C(=O)NCCc2ccc(F)cc2C(F)(F)F)cc1. The molecule has 0 bridgehead atoms. The van der Waals surface area contributed by atoms with Crippen molar-refractivity contribution >= 4 is 30.4 Å². The van der Waals surface area contributed by atoms with Crippen molar-refractivity contribution in [2.75, 3.05) is 10.8 Å². The van der Waals surface area contributed by atoms with Gasteiger partial charge in [0.15, 0.2) is 0 Å². The molecular weight excluding hydrogens is 386 g/mol. The average molecular weight is 401 g/mol. The number of nitrogens with one attached hydrogen (secondary N) is 1. The summed E-state index contributed by atoms with van der Waals surface area (Å²) in [6.07, 6.45) is -4.84. The number of halogens is 4. The van der Waals surface area contributed by atoms with Crippen LogP contribution in [0.4, 0.5) is 28.0 Å². The molecule has 0 aliphatic carbocycles. The van der Waals surface area contributed by atoms with Crippen LogP contribution in [0.15, 0.2) is 42.5 Å². The number of carbonyl (C=O) groups is 2. The molecule has 0 saturated heterocycles. The lowest BCUT2D eigenvalue weighted by Gasteiger charge is -2.17. The van der Waals surface area contributed by atoms with Gasteiger partial charge < -0.3 is 11.1 Å². The molecule has 3 N–H and O–H groups in total. The van der Waals surface area contributed by atoms with Crippen molar-refractivity contribution in [3.63, 3.8) is 0 Å². The van der Waals surface area contributed by atoms with Crippen LogP contribution in [-0.4, -0.2) is 18.5 Å². The molecule has 27 heavy (non-hydrogen) atoms. The van der Waals surface area contributed by atoms with E-state index in [4.69, 9.17) is 5.73 Å². The highest BCUT2D eigenvalue weighted by Crippen LogP contribution is 2.32. The molecule has 0 aliphatic rings. The molecule has 0 aliphatic heterocycles. The fourth-order valence-electron chi connectivity index (χ4n) is 2.29. The number of anilines is 1. The van der Waals surface area contributed by atoms with Crippen molar-refractivity contribution in [1.82, 2.24) is 5.32 Å². The van der Waals surface area contributed by atoms with Gasteiger partial charge in [-0.3, -0.25) is 4.79 Å². The van der Waals surface area contributed by atoms with Gasteiger partial charge in [-0.2, -0.15) is 13.2 Å². The molecule has 10 heteroatoms. The van der Waals surface area contributed by atoms with Crippen molar-refractivity contribution in [2.24, 2.45) is 5.73 Å². The Balaban J connectivity index is 1.99. The topological polar surface area (TPSA) is 75.4 Å². The van der Waals surface area contributed by atoms with E-state index in [-0.39, 0.29) is 24.1 Å². The van der Waals surface area contributed by atoms with Gasteiger partial charge in [-0.15, -0.1) is 0 Å². The standard InChI is InChI=1S/C17H15F4N3O2S/c18-12-4-1-10(14(9-12)17(19,20)21)7-8-23-16(26)24(27)13-5-2-11(3-6-13)15(22)25/h1-6,9,27H,7-8H2,(H2,22,25)(H,23,26). The first-order chi connectivity index (χ1) is 12.6. The lowest BCUT2D eigenvalue weighted by molar-refractivity contribution is -0.138. The van der Waals surface area contributed by atoms with Gasteiger partial charge in [-0.05, 0) is 48.4 Å². The van der Waals surface area contributed by atoms with Gasteiger partial charge in [0.25, 0.3) is 0 Å². The maximum absolute atomic E-state index is 13.1. The van der Waals surface area contributed by atoms with Gasteiger partial charge in [0.05, 0.1) is 11.3 Å². The predicted octanol–water partition coefficient (Wildman–Crippen LogP) is 3.55. The van der Waals surface area contributed by atoms with Crippen LogP contribution in [0.2, 0.25) is 0 Å². The zero-order valence-corrected chi connectivity index (χ0v) is 14.7. The molecule has 0 unspecified atom stereocenters. The number of carbonyl (C=O) groups excluding carboxylic acids is 2. The summed E-state index contributed by atoms with van der Waals surface area (Å²) in [5.41, 5.74) is 4.48. The summed E-state index contributed by atoms with van der Waals surface area (Å²) in [6.45, 7) is -0.121. The number of nitrogens with two attached hydrogens (primary N) is 1. The van der Waals surface area contributed by atoms with Crippen molar-refractivity contribution in [3.05, 3.63) is 65.0 Å². The summed E-state index contributed by atoms with van der Waals surface area (Å²) in [5.74, 6) is -1.62. The van der Waals surface area contributed by atoms with Crippen LogP contribution in [0.5, 0.6) is 0 Å². The average Bonchev–Trinajstić information content (AvgIpc) is 2.61. The smallest absolute Gasteiger partial charge is 0.366 e. The first-order valence-corrected chi connectivity index (χ1v) is 8.02. The Labute approximate surface area is 157 Å². The molecule has 2 rings (SSSR count).